The molecule has 23 heavy (non-hydrogen) atoms. The van der Waals surface area contributed by atoms with Crippen molar-refractivity contribution in [2.45, 2.75) is 19.4 Å². The maximum Gasteiger partial charge on any atom is 0.319 e. The molecule has 0 saturated carbocycles. The first kappa shape index (κ1) is 16.5. The summed E-state index contributed by atoms with van der Waals surface area (Å²) in [6.07, 6.45) is 0.223. The Bertz CT molecular complexity index is 671. The van der Waals surface area contributed by atoms with Crippen LogP contribution in [0.1, 0.15) is 24.1 Å². The average Bonchev–Trinajstić information content (AvgIpc) is 2.57. The van der Waals surface area contributed by atoms with Gasteiger partial charge in [0.2, 0.25) is 5.91 Å². The van der Waals surface area contributed by atoms with Crippen LogP contribution in [-0.2, 0) is 11.2 Å². The molecule has 5 nitrogen and oxygen atoms in total. The van der Waals surface area contributed by atoms with Crippen LogP contribution in [0.25, 0.3) is 0 Å². The summed E-state index contributed by atoms with van der Waals surface area (Å²) in [6, 6.07) is 16.6. The second kappa shape index (κ2) is 7.98. The fourth-order valence-electron chi connectivity index (χ4n) is 2.24. The van der Waals surface area contributed by atoms with E-state index in [9.17, 15) is 9.59 Å². The summed E-state index contributed by atoms with van der Waals surface area (Å²) >= 11 is 0. The van der Waals surface area contributed by atoms with Gasteiger partial charge < -0.3 is 16.0 Å². The molecule has 0 aromatic heterocycles. The first-order valence-corrected chi connectivity index (χ1v) is 7.51. The van der Waals surface area contributed by atoms with E-state index in [4.69, 9.17) is 0 Å². The van der Waals surface area contributed by atoms with Gasteiger partial charge in [0.1, 0.15) is 0 Å². The summed E-state index contributed by atoms with van der Waals surface area (Å²) in [7, 11) is 1.59. The number of anilines is 1. The standard InChI is InChI=1S/C18H21N3O2/c1-13(14-8-4-3-5-9-14)20-18(23)21-16-11-7-6-10-15(16)12-17(22)19-2/h3-11,13H,12H2,1-2H3,(H,19,22)(H2,20,21,23)/t13-/m0/s1. The van der Waals surface area contributed by atoms with Crippen LogP contribution in [0.4, 0.5) is 10.5 Å². The maximum atomic E-state index is 12.2. The number of benzene rings is 2. The lowest BCUT2D eigenvalue weighted by Crippen LogP contribution is -2.31. The molecule has 3 N–H and O–H groups in total. The van der Waals surface area contributed by atoms with E-state index in [2.05, 4.69) is 16.0 Å². The van der Waals surface area contributed by atoms with Gasteiger partial charge in [0.15, 0.2) is 0 Å². The largest absolute Gasteiger partial charge is 0.359 e. The van der Waals surface area contributed by atoms with Crippen LogP contribution >= 0.6 is 0 Å². The predicted octanol–water partition coefficient (Wildman–Crippen LogP) is 2.86. The molecule has 0 radical (unpaired) electrons. The number of para-hydroxylation sites is 1. The molecule has 0 bridgehead atoms. The van der Waals surface area contributed by atoms with E-state index in [1.54, 1.807) is 13.1 Å². The highest BCUT2D eigenvalue weighted by molar-refractivity contribution is 5.91. The highest BCUT2D eigenvalue weighted by atomic mass is 16.2. The molecule has 3 amide bonds. The number of carbonyl (C=O) groups is 2. The first-order chi connectivity index (χ1) is 11.1. The van der Waals surface area contributed by atoms with Crippen molar-refractivity contribution < 1.29 is 9.59 Å². The second-order valence-electron chi connectivity index (χ2n) is 5.24. The third kappa shape index (κ3) is 4.85. The minimum atomic E-state index is -0.300. The van der Waals surface area contributed by atoms with Crippen molar-refractivity contribution in [2.75, 3.05) is 12.4 Å². The molecule has 120 valence electrons. The van der Waals surface area contributed by atoms with Crippen molar-refractivity contribution in [1.82, 2.24) is 10.6 Å². The smallest absolute Gasteiger partial charge is 0.319 e. The van der Waals surface area contributed by atoms with Gasteiger partial charge in [-0.2, -0.15) is 0 Å². The van der Waals surface area contributed by atoms with E-state index >= 15 is 0 Å². The van der Waals surface area contributed by atoms with E-state index in [0.717, 1.165) is 11.1 Å². The van der Waals surface area contributed by atoms with Crippen LogP contribution in [0.5, 0.6) is 0 Å². The molecule has 0 heterocycles. The van der Waals surface area contributed by atoms with Crippen LogP contribution in [0.3, 0.4) is 0 Å². The third-order valence-electron chi connectivity index (χ3n) is 3.54. The zero-order chi connectivity index (χ0) is 16.7. The lowest BCUT2D eigenvalue weighted by Gasteiger charge is -2.16. The Morgan fingerprint density at radius 3 is 2.35 bits per heavy atom. The molecule has 0 unspecified atom stereocenters. The van der Waals surface area contributed by atoms with Crippen LogP contribution in [0.15, 0.2) is 54.6 Å². The fourth-order valence-corrected chi connectivity index (χ4v) is 2.24. The van der Waals surface area contributed by atoms with Gasteiger partial charge in [-0.05, 0) is 24.1 Å². The average molecular weight is 311 g/mol. The molecule has 0 aliphatic rings. The summed E-state index contributed by atoms with van der Waals surface area (Å²) in [6.45, 7) is 1.92. The summed E-state index contributed by atoms with van der Waals surface area (Å²) in [4.78, 5) is 23.7. The fraction of sp³-hybridized carbons (Fsp3) is 0.222. The number of rotatable bonds is 5. The zero-order valence-corrected chi connectivity index (χ0v) is 13.3. The summed E-state index contributed by atoms with van der Waals surface area (Å²) in [5.74, 6) is -0.0997. The molecule has 5 heteroatoms. The molecule has 2 aromatic rings. The number of likely N-dealkylation sites (N-methyl/N-ethyl adjacent to an activating group) is 1. The zero-order valence-electron chi connectivity index (χ0n) is 13.3. The number of amides is 3. The molecule has 0 saturated heterocycles. The Morgan fingerprint density at radius 2 is 1.65 bits per heavy atom. The number of hydrogen-bond acceptors (Lipinski definition) is 2. The monoisotopic (exact) mass is 311 g/mol. The predicted molar refractivity (Wildman–Crippen MR) is 91.2 cm³/mol. The van der Waals surface area contributed by atoms with Gasteiger partial charge in [0.05, 0.1) is 12.5 Å². The Balaban J connectivity index is 2.01. The van der Waals surface area contributed by atoms with Crippen LogP contribution < -0.4 is 16.0 Å². The summed E-state index contributed by atoms with van der Waals surface area (Å²) in [5, 5.41) is 8.28. The Labute approximate surface area is 136 Å². The van der Waals surface area contributed by atoms with Crippen LogP contribution in [0.2, 0.25) is 0 Å². The highest BCUT2D eigenvalue weighted by Gasteiger charge is 2.12. The molecule has 0 aliphatic carbocycles. The van der Waals surface area contributed by atoms with E-state index in [1.807, 2.05) is 55.5 Å². The van der Waals surface area contributed by atoms with Crippen molar-refractivity contribution in [2.24, 2.45) is 0 Å². The Morgan fingerprint density at radius 1 is 1.00 bits per heavy atom. The van der Waals surface area contributed by atoms with Gasteiger partial charge in [-0.15, -0.1) is 0 Å². The minimum Gasteiger partial charge on any atom is -0.359 e. The third-order valence-corrected chi connectivity index (χ3v) is 3.54. The molecular formula is C18H21N3O2. The van der Waals surface area contributed by atoms with Gasteiger partial charge in [-0.3, -0.25) is 4.79 Å². The highest BCUT2D eigenvalue weighted by Crippen LogP contribution is 2.16. The molecule has 1 atom stereocenters. The summed E-state index contributed by atoms with van der Waals surface area (Å²) in [5.41, 5.74) is 2.43. The van der Waals surface area contributed by atoms with Gasteiger partial charge in [0.25, 0.3) is 0 Å². The normalized spacial score (nSPS) is 11.4. The second-order valence-corrected chi connectivity index (χ2v) is 5.24. The molecule has 0 spiro atoms. The molecular weight excluding hydrogens is 290 g/mol. The van der Waals surface area contributed by atoms with Crippen LogP contribution in [-0.4, -0.2) is 19.0 Å². The lowest BCUT2D eigenvalue weighted by atomic mass is 10.1. The van der Waals surface area contributed by atoms with Gasteiger partial charge in [-0.25, -0.2) is 4.79 Å². The topological polar surface area (TPSA) is 70.2 Å². The van der Waals surface area contributed by atoms with Crippen molar-refractivity contribution in [3.63, 3.8) is 0 Å². The molecule has 0 aliphatic heterocycles. The van der Waals surface area contributed by atoms with E-state index in [0.29, 0.717) is 5.69 Å². The molecule has 2 rings (SSSR count). The number of carbonyl (C=O) groups excluding carboxylic acids is 2. The number of nitrogens with one attached hydrogen (secondary N) is 3. The maximum absolute atomic E-state index is 12.2. The van der Waals surface area contributed by atoms with Crippen LogP contribution in [0, 0.1) is 0 Å². The minimum absolute atomic E-state index is 0.0997. The Kier molecular flexibility index (Phi) is 5.74. The number of hydrogen-bond donors (Lipinski definition) is 3. The quantitative estimate of drug-likeness (QED) is 0.794. The van der Waals surface area contributed by atoms with Crippen molar-refractivity contribution >= 4 is 17.6 Å². The van der Waals surface area contributed by atoms with E-state index in [-0.39, 0.29) is 24.4 Å². The van der Waals surface area contributed by atoms with Crippen molar-refractivity contribution in [3.05, 3.63) is 65.7 Å². The number of urea groups is 1. The van der Waals surface area contributed by atoms with E-state index < -0.39 is 0 Å². The molecule has 0 fully saturated rings. The SMILES string of the molecule is CNC(=O)Cc1ccccc1NC(=O)N[C@@H](C)c1ccccc1. The lowest BCUT2D eigenvalue weighted by molar-refractivity contribution is -0.119. The molecule has 2 aromatic carbocycles. The summed E-state index contributed by atoms with van der Waals surface area (Å²) < 4.78 is 0. The first-order valence-electron chi connectivity index (χ1n) is 7.51. The van der Waals surface area contributed by atoms with Crippen molar-refractivity contribution in [3.8, 4) is 0 Å². The van der Waals surface area contributed by atoms with E-state index in [1.165, 1.54) is 0 Å². The van der Waals surface area contributed by atoms with Gasteiger partial charge in [0, 0.05) is 12.7 Å². The van der Waals surface area contributed by atoms with Gasteiger partial charge >= 0.3 is 6.03 Å². The Hall–Kier alpha value is -2.82. The van der Waals surface area contributed by atoms with Gasteiger partial charge in [-0.1, -0.05) is 48.5 Å². The van der Waals surface area contributed by atoms with Crippen molar-refractivity contribution in [1.29, 1.82) is 0 Å².